The minimum atomic E-state index is -4.51. The molecule has 1 saturated heterocycles. The highest BCUT2D eigenvalue weighted by Gasteiger charge is 2.35. The zero-order valence-electron chi connectivity index (χ0n) is 12.8. The van der Waals surface area contributed by atoms with Crippen molar-refractivity contribution in [1.82, 2.24) is 4.90 Å². The molecule has 0 saturated carbocycles. The fourth-order valence-corrected chi connectivity index (χ4v) is 3.76. The molecule has 1 aliphatic rings. The summed E-state index contributed by atoms with van der Waals surface area (Å²) in [6.45, 7) is 0.209. The molecule has 1 aromatic carbocycles. The Morgan fingerprint density at radius 3 is 2.75 bits per heavy atom. The van der Waals surface area contributed by atoms with Crippen LogP contribution in [0.5, 0.6) is 5.75 Å². The van der Waals surface area contributed by atoms with Crippen LogP contribution in [0, 0.1) is 0 Å². The third-order valence-corrected chi connectivity index (χ3v) is 4.96. The number of benzene rings is 1. The van der Waals surface area contributed by atoms with Crippen LogP contribution in [0.4, 0.5) is 13.2 Å². The van der Waals surface area contributed by atoms with E-state index in [4.69, 9.17) is 4.74 Å². The molecule has 0 radical (unpaired) electrons. The Morgan fingerprint density at radius 2 is 2.04 bits per heavy atom. The summed E-state index contributed by atoms with van der Waals surface area (Å²) in [4.78, 5) is 15.2. The van der Waals surface area contributed by atoms with Crippen molar-refractivity contribution >= 4 is 17.2 Å². The number of carbonyl (C=O) groups excluding carboxylic acids is 1. The van der Waals surface area contributed by atoms with Gasteiger partial charge in [0.05, 0.1) is 11.6 Å². The van der Waals surface area contributed by atoms with Crippen LogP contribution in [0.3, 0.4) is 0 Å². The molecule has 1 fully saturated rings. The van der Waals surface area contributed by atoms with Gasteiger partial charge in [-0.2, -0.15) is 13.2 Å². The Labute approximate surface area is 141 Å². The van der Waals surface area contributed by atoms with Gasteiger partial charge in [-0.05, 0) is 36.4 Å². The highest BCUT2D eigenvalue weighted by molar-refractivity contribution is 7.10. The quantitative estimate of drug-likeness (QED) is 0.808. The fraction of sp³-hybridized carbons (Fsp3) is 0.353. The first-order chi connectivity index (χ1) is 11.5. The lowest BCUT2D eigenvalue weighted by molar-refractivity contribution is -0.141. The molecule has 1 aromatic heterocycles. The van der Waals surface area contributed by atoms with E-state index in [2.05, 4.69) is 0 Å². The maximum atomic E-state index is 12.9. The molecular formula is C17H16F3NO2S. The number of para-hydroxylation sites is 1. The molecule has 1 aliphatic heterocycles. The highest BCUT2D eigenvalue weighted by Crippen LogP contribution is 2.37. The Bertz CT molecular complexity index is 700. The summed E-state index contributed by atoms with van der Waals surface area (Å²) in [5, 5.41) is 1.95. The number of likely N-dealkylation sites (tertiary alicyclic amines) is 1. The predicted octanol–water partition coefficient (Wildman–Crippen LogP) is 4.51. The monoisotopic (exact) mass is 355 g/mol. The second kappa shape index (κ2) is 6.84. The second-order valence-corrected chi connectivity index (χ2v) is 6.52. The number of rotatable bonds is 4. The molecule has 128 valence electrons. The van der Waals surface area contributed by atoms with E-state index >= 15 is 0 Å². The van der Waals surface area contributed by atoms with Crippen molar-refractivity contribution in [3.63, 3.8) is 0 Å². The molecule has 0 unspecified atom stereocenters. The number of hydrogen-bond acceptors (Lipinski definition) is 3. The zero-order valence-corrected chi connectivity index (χ0v) is 13.6. The van der Waals surface area contributed by atoms with Crippen LogP contribution in [0.25, 0.3) is 0 Å². The third kappa shape index (κ3) is 3.56. The molecule has 0 N–H and O–H groups in total. The lowest BCUT2D eigenvalue weighted by Crippen LogP contribution is -2.34. The predicted molar refractivity (Wildman–Crippen MR) is 84.9 cm³/mol. The molecule has 1 atom stereocenters. The molecule has 0 bridgehead atoms. The summed E-state index contributed by atoms with van der Waals surface area (Å²) < 4.78 is 44.0. The Morgan fingerprint density at radius 1 is 1.25 bits per heavy atom. The summed E-state index contributed by atoms with van der Waals surface area (Å²) >= 11 is 1.58. The summed E-state index contributed by atoms with van der Waals surface area (Å²) in [6.07, 6.45) is -2.76. The number of hydrogen-bond donors (Lipinski definition) is 0. The van der Waals surface area contributed by atoms with Gasteiger partial charge in [-0.15, -0.1) is 11.3 Å². The fourth-order valence-electron chi connectivity index (χ4n) is 2.89. The third-order valence-electron chi connectivity index (χ3n) is 3.99. The maximum absolute atomic E-state index is 12.9. The van der Waals surface area contributed by atoms with Crippen LogP contribution >= 0.6 is 11.3 Å². The first-order valence-corrected chi connectivity index (χ1v) is 8.46. The maximum Gasteiger partial charge on any atom is 0.419 e. The average Bonchev–Trinajstić information content (AvgIpc) is 3.22. The molecule has 1 amide bonds. The van der Waals surface area contributed by atoms with Crippen LogP contribution in [-0.2, 0) is 11.0 Å². The zero-order chi connectivity index (χ0) is 17.2. The number of thiophene rings is 1. The summed E-state index contributed by atoms with van der Waals surface area (Å²) in [6, 6.07) is 8.84. The van der Waals surface area contributed by atoms with Gasteiger partial charge >= 0.3 is 6.18 Å². The van der Waals surface area contributed by atoms with Gasteiger partial charge in [0.15, 0.2) is 6.61 Å². The minimum absolute atomic E-state index is 0.000963. The van der Waals surface area contributed by atoms with Gasteiger partial charge in [-0.25, -0.2) is 0 Å². The standard InChI is InChI=1S/C17H16F3NO2S/c18-17(19,20)12-5-1-2-7-14(12)23-11-16(22)21-9-3-6-13(21)15-8-4-10-24-15/h1-2,4-5,7-8,10,13H,3,6,9,11H2/t13-/m0/s1. The molecular weight excluding hydrogens is 339 g/mol. The number of nitrogens with zero attached hydrogens (tertiary/aromatic N) is 1. The normalized spacial score (nSPS) is 18.0. The van der Waals surface area contributed by atoms with Crippen LogP contribution < -0.4 is 4.74 Å². The van der Waals surface area contributed by atoms with Crippen LogP contribution in [0.15, 0.2) is 41.8 Å². The molecule has 24 heavy (non-hydrogen) atoms. The van der Waals surface area contributed by atoms with Gasteiger partial charge in [0.2, 0.25) is 0 Å². The molecule has 3 nitrogen and oxygen atoms in total. The van der Waals surface area contributed by atoms with Gasteiger partial charge < -0.3 is 9.64 Å². The average molecular weight is 355 g/mol. The van der Waals surface area contributed by atoms with Crippen LogP contribution in [-0.4, -0.2) is 24.0 Å². The SMILES string of the molecule is O=C(COc1ccccc1C(F)(F)F)N1CCC[C@H]1c1cccs1. The van der Waals surface area contributed by atoms with Crippen molar-refractivity contribution in [3.8, 4) is 5.75 Å². The molecule has 7 heteroatoms. The van der Waals surface area contributed by atoms with E-state index in [1.54, 1.807) is 16.2 Å². The first kappa shape index (κ1) is 16.8. The van der Waals surface area contributed by atoms with Crippen molar-refractivity contribution in [2.75, 3.05) is 13.2 Å². The molecule has 3 rings (SSSR count). The Kier molecular flexibility index (Phi) is 4.80. The van der Waals surface area contributed by atoms with Gasteiger partial charge in [0.1, 0.15) is 5.75 Å². The summed E-state index contributed by atoms with van der Waals surface area (Å²) in [5.74, 6) is -0.604. The van der Waals surface area contributed by atoms with Gasteiger partial charge in [0.25, 0.3) is 5.91 Å². The van der Waals surface area contributed by atoms with E-state index < -0.39 is 18.3 Å². The van der Waals surface area contributed by atoms with Crippen molar-refractivity contribution in [1.29, 1.82) is 0 Å². The Balaban J connectivity index is 1.68. The molecule has 0 spiro atoms. The van der Waals surface area contributed by atoms with E-state index in [-0.39, 0.29) is 17.7 Å². The first-order valence-electron chi connectivity index (χ1n) is 7.58. The van der Waals surface area contributed by atoms with Crippen molar-refractivity contribution < 1.29 is 22.7 Å². The van der Waals surface area contributed by atoms with E-state index in [9.17, 15) is 18.0 Å². The molecule has 2 aromatic rings. The largest absolute Gasteiger partial charge is 0.483 e. The van der Waals surface area contributed by atoms with Gasteiger partial charge in [-0.3, -0.25) is 4.79 Å². The summed E-state index contributed by atoms with van der Waals surface area (Å²) in [5.41, 5.74) is -0.867. The number of alkyl halides is 3. The van der Waals surface area contributed by atoms with E-state index in [1.807, 2.05) is 17.5 Å². The van der Waals surface area contributed by atoms with Gasteiger partial charge in [-0.1, -0.05) is 18.2 Å². The number of carbonyl (C=O) groups is 1. The molecule has 2 heterocycles. The topological polar surface area (TPSA) is 29.5 Å². The van der Waals surface area contributed by atoms with Crippen LogP contribution in [0.1, 0.15) is 29.3 Å². The number of halogens is 3. The highest BCUT2D eigenvalue weighted by atomic mass is 32.1. The van der Waals surface area contributed by atoms with E-state index in [0.717, 1.165) is 23.8 Å². The van der Waals surface area contributed by atoms with Crippen molar-refractivity contribution in [3.05, 3.63) is 52.2 Å². The van der Waals surface area contributed by atoms with Crippen molar-refractivity contribution in [2.24, 2.45) is 0 Å². The van der Waals surface area contributed by atoms with Gasteiger partial charge in [0, 0.05) is 11.4 Å². The number of amides is 1. The van der Waals surface area contributed by atoms with E-state index in [0.29, 0.717) is 6.54 Å². The summed E-state index contributed by atoms with van der Waals surface area (Å²) in [7, 11) is 0. The minimum Gasteiger partial charge on any atom is -0.483 e. The molecule has 0 aliphatic carbocycles. The Hall–Kier alpha value is -2.02. The van der Waals surface area contributed by atoms with E-state index in [1.165, 1.54) is 18.2 Å². The smallest absolute Gasteiger partial charge is 0.419 e. The van der Waals surface area contributed by atoms with Crippen LogP contribution in [0.2, 0.25) is 0 Å². The second-order valence-electron chi connectivity index (χ2n) is 5.54. The lowest BCUT2D eigenvalue weighted by Gasteiger charge is -2.24. The number of ether oxygens (including phenoxy) is 1. The lowest BCUT2D eigenvalue weighted by atomic mass is 10.2. The van der Waals surface area contributed by atoms with Crippen molar-refractivity contribution in [2.45, 2.75) is 25.1 Å².